The summed E-state index contributed by atoms with van der Waals surface area (Å²) in [6.07, 6.45) is 6.92. The highest BCUT2D eigenvalue weighted by Crippen LogP contribution is 2.48. The van der Waals surface area contributed by atoms with E-state index in [0.29, 0.717) is 5.82 Å². The summed E-state index contributed by atoms with van der Waals surface area (Å²) in [7, 11) is 0. The molecule has 0 aromatic carbocycles. The minimum absolute atomic E-state index is 0.128. The van der Waals surface area contributed by atoms with Crippen molar-refractivity contribution in [1.82, 2.24) is 9.88 Å². The lowest BCUT2D eigenvalue weighted by atomic mass is 10.00. The lowest BCUT2D eigenvalue weighted by Crippen LogP contribution is -2.47. The minimum atomic E-state index is -0.371. The number of hydrogen-bond donors (Lipinski definition) is 1. The van der Waals surface area contributed by atoms with Gasteiger partial charge in [0.25, 0.3) is 0 Å². The topological polar surface area (TPSA) is 45.2 Å². The molecule has 0 bridgehead atoms. The van der Waals surface area contributed by atoms with Crippen LogP contribution >= 0.6 is 0 Å². The number of nitrogens with one attached hydrogen (secondary N) is 1. The first-order chi connectivity index (χ1) is 9.20. The van der Waals surface area contributed by atoms with E-state index in [4.69, 9.17) is 0 Å². The zero-order chi connectivity index (χ0) is 13.3. The highest BCUT2D eigenvalue weighted by molar-refractivity contribution is 5.81. The third-order valence-electron chi connectivity index (χ3n) is 4.12. The van der Waals surface area contributed by atoms with Gasteiger partial charge in [0.05, 0.1) is 12.7 Å². The van der Waals surface area contributed by atoms with Crippen LogP contribution in [0, 0.1) is 5.82 Å². The van der Waals surface area contributed by atoms with Crippen molar-refractivity contribution in [3.05, 3.63) is 24.1 Å². The Balaban J connectivity index is 1.57. The number of hydrogen-bond acceptors (Lipinski definition) is 3. The summed E-state index contributed by atoms with van der Waals surface area (Å²) in [6, 6.07) is 2.88. The lowest BCUT2D eigenvalue weighted by Gasteiger charge is -2.36. The van der Waals surface area contributed by atoms with E-state index in [-0.39, 0.29) is 23.8 Å². The highest BCUT2D eigenvalue weighted by Gasteiger charge is 2.50. The van der Waals surface area contributed by atoms with Crippen molar-refractivity contribution in [1.29, 1.82) is 0 Å². The first-order valence-electron chi connectivity index (χ1n) is 6.86. The molecule has 19 heavy (non-hydrogen) atoms. The van der Waals surface area contributed by atoms with E-state index < -0.39 is 0 Å². The number of aromatic nitrogens is 1. The Hall–Kier alpha value is -1.65. The molecule has 1 saturated carbocycles. The van der Waals surface area contributed by atoms with Crippen LogP contribution in [0.4, 0.5) is 10.2 Å². The van der Waals surface area contributed by atoms with Gasteiger partial charge in [-0.15, -0.1) is 0 Å². The smallest absolute Gasteiger partial charge is 0.242 e. The number of anilines is 1. The summed E-state index contributed by atoms with van der Waals surface area (Å²) in [6.45, 7) is 1.11. The van der Waals surface area contributed by atoms with Crippen LogP contribution in [0.25, 0.3) is 0 Å². The number of carbonyl (C=O) groups excluding carboxylic acids is 1. The first-order valence-corrected chi connectivity index (χ1v) is 6.86. The van der Waals surface area contributed by atoms with Gasteiger partial charge in [-0.2, -0.15) is 0 Å². The van der Waals surface area contributed by atoms with Crippen LogP contribution in [0.15, 0.2) is 18.3 Å². The van der Waals surface area contributed by atoms with Gasteiger partial charge in [0, 0.05) is 12.1 Å². The predicted molar refractivity (Wildman–Crippen MR) is 70.2 cm³/mol. The van der Waals surface area contributed by atoms with Gasteiger partial charge in [0.1, 0.15) is 11.6 Å². The first kappa shape index (κ1) is 12.4. The van der Waals surface area contributed by atoms with Crippen LogP contribution in [0.2, 0.25) is 0 Å². The summed E-state index contributed by atoms with van der Waals surface area (Å²) in [4.78, 5) is 18.2. The Morgan fingerprint density at radius 3 is 2.89 bits per heavy atom. The van der Waals surface area contributed by atoms with Gasteiger partial charge >= 0.3 is 0 Å². The van der Waals surface area contributed by atoms with Gasteiger partial charge in [-0.25, -0.2) is 9.37 Å². The Morgan fingerprint density at radius 2 is 2.21 bits per heavy atom. The van der Waals surface area contributed by atoms with E-state index in [9.17, 15) is 9.18 Å². The molecule has 1 aromatic rings. The number of halogens is 1. The van der Waals surface area contributed by atoms with Gasteiger partial charge in [-0.3, -0.25) is 4.79 Å². The predicted octanol–water partition coefficient (Wildman–Crippen LogP) is 2.18. The molecule has 1 aromatic heterocycles. The number of nitrogens with zero attached hydrogens (tertiary/aromatic N) is 2. The number of piperidine rings is 1. The summed E-state index contributed by atoms with van der Waals surface area (Å²) in [5.74, 6) is 0.296. The second kappa shape index (κ2) is 4.79. The molecule has 2 aliphatic rings. The molecule has 0 radical (unpaired) electrons. The molecule has 1 N–H and O–H groups in total. The lowest BCUT2D eigenvalue weighted by molar-refractivity contribution is -0.133. The third-order valence-corrected chi connectivity index (χ3v) is 4.12. The fourth-order valence-electron chi connectivity index (χ4n) is 2.89. The van der Waals surface area contributed by atoms with E-state index in [0.717, 1.165) is 38.4 Å². The average Bonchev–Trinajstić information content (AvgIpc) is 3.18. The van der Waals surface area contributed by atoms with Crippen LogP contribution < -0.4 is 5.32 Å². The van der Waals surface area contributed by atoms with Crippen LogP contribution in [0.5, 0.6) is 0 Å². The molecule has 5 heteroatoms. The molecule has 2 heterocycles. The van der Waals surface area contributed by atoms with E-state index in [2.05, 4.69) is 10.3 Å². The molecule has 4 nitrogen and oxygen atoms in total. The second-order valence-electron chi connectivity index (χ2n) is 5.44. The Labute approximate surface area is 112 Å². The molecular weight excluding hydrogens is 245 g/mol. The molecular formula is C14H18FN3O. The van der Waals surface area contributed by atoms with E-state index in [1.165, 1.54) is 12.5 Å². The summed E-state index contributed by atoms with van der Waals surface area (Å²) >= 11 is 0. The summed E-state index contributed by atoms with van der Waals surface area (Å²) < 4.78 is 12.7. The van der Waals surface area contributed by atoms with E-state index in [1.54, 1.807) is 6.07 Å². The van der Waals surface area contributed by atoms with Crippen molar-refractivity contribution in [2.75, 3.05) is 18.4 Å². The molecule has 2 fully saturated rings. The summed E-state index contributed by atoms with van der Waals surface area (Å²) in [5.41, 5.74) is 0.174. The normalized spacial score (nSPS) is 20.4. The SMILES string of the molecule is O=C(CNc1ccc(F)cn1)N1CCCCC12CC2. The maximum atomic E-state index is 12.7. The minimum Gasteiger partial charge on any atom is -0.361 e. The van der Waals surface area contributed by atoms with Crippen molar-refractivity contribution in [2.24, 2.45) is 0 Å². The summed E-state index contributed by atoms with van der Waals surface area (Å²) in [5, 5.41) is 2.97. The highest BCUT2D eigenvalue weighted by atomic mass is 19.1. The number of likely N-dealkylation sites (tertiary alicyclic amines) is 1. The van der Waals surface area contributed by atoms with Gasteiger partial charge in [-0.05, 0) is 44.2 Å². The van der Waals surface area contributed by atoms with E-state index in [1.807, 2.05) is 4.90 Å². The average molecular weight is 263 g/mol. The number of carbonyl (C=O) groups is 1. The Kier molecular flexibility index (Phi) is 3.12. The molecule has 0 unspecified atom stereocenters. The van der Waals surface area contributed by atoms with Crippen molar-refractivity contribution in [2.45, 2.75) is 37.6 Å². The number of rotatable bonds is 3. The van der Waals surface area contributed by atoms with Crippen LogP contribution in [-0.4, -0.2) is 34.4 Å². The van der Waals surface area contributed by atoms with Gasteiger partial charge in [0.15, 0.2) is 0 Å². The fourth-order valence-corrected chi connectivity index (χ4v) is 2.89. The van der Waals surface area contributed by atoms with Crippen molar-refractivity contribution in [3.63, 3.8) is 0 Å². The molecule has 102 valence electrons. The standard InChI is InChI=1S/C14H18FN3O/c15-11-3-4-12(16-9-11)17-10-13(19)18-8-2-1-5-14(18)6-7-14/h3-4,9H,1-2,5-8,10H2,(H,16,17). The number of amides is 1. The second-order valence-corrected chi connectivity index (χ2v) is 5.44. The molecule has 0 atom stereocenters. The maximum Gasteiger partial charge on any atom is 0.242 e. The molecule has 1 aliphatic heterocycles. The molecule has 1 saturated heterocycles. The van der Waals surface area contributed by atoms with Crippen LogP contribution in [-0.2, 0) is 4.79 Å². The quantitative estimate of drug-likeness (QED) is 0.909. The van der Waals surface area contributed by atoms with Crippen LogP contribution in [0.1, 0.15) is 32.1 Å². The van der Waals surface area contributed by atoms with Gasteiger partial charge in [-0.1, -0.05) is 0 Å². The molecule has 1 spiro atoms. The van der Waals surface area contributed by atoms with Gasteiger partial charge in [0.2, 0.25) is 5.91 Å². The largest absolute Gasteiger partial charge is 0.361 e. The monoisotopic (exact) mass is 263 g/mol. The fraction of sp³-hybridized carbons (Fsp3) is 0.571. The number of pyridine rings is 1. The van der Waals surface area contributed by atoms with Gasteiger partial charge < -0.3 is 10.2 Å². The molecule has 1 amide bonds. The van der Waals surface area contributed by atoms with Crippen LogP contribution in [0.3, 0.4) is 0 Å². The molecule has 1 aliphatic carbocycles. The van der Waals surface area contributed by atoms with Crippen molar-refractivity contribution >= 4 is 11.7 Å². The van der Waals surface area contributed by atoms with E-state index >= 15 is 0 Å². The molecule has 3 rings (SSSR count). The zero-order valence-corrected chi connectivity index (χ0v) is 10.9. The zero-order valence-electron chi connectivity index (χ0n) is 10.9. The van der Waals surface area contributed by atoms with Crippen molar-refractivity contribution < 1.29 is 9.18 Å². The Bertz CT molecular complexity index is 470. The third kappa shape index (κ3) is 2.55. The maximum absolute atomic E-state index is 12.7. The van der Waals surface area contributed by atoms with Crippen molar-refractivity contribution in [3.8, 4) is 0 Å². The Morgan fingerprint density at radius 1 is 1.37 bits per heavy atom.